The lowest BCUT2D eigenvalue weighted by atomic mass is 9.81. The fourth-order valence-corrected chi connectivity index (χ4v) is 5.98. The van der Waals surface area contributed by atoms with Gasteiger partial charge in [-0.05, 0) is 51.3 Å². The van der Waals surface area contributed by atoms with Crippen LogP contribution in [0.5, 0.6) is 0 Å². The van der Waals surface area contributed by atoms with Gasteiger partial charge in [-0.2, -0.15) is 0 Å². The molecule has 0 saturated heterocycles. The van der Waals surface area contributed by atoms with Gasteiger partial charge in [-0.15, -0.1) is 11.3 Å². The largest absolute Gasteiger partial charge is 0.384 e. The normalized spacial score (nSPS) is 12.1. The Morgan fingerprint density at radius 1 is 0.805 bits per heavy atom. The number of unbranched alkanes of at least 4 members (excludes halogenated alkanes) is 2. The average molecular weight is 579 g/mol. The van der Waals surface area contributed by atoms with Crippen LogP contribution in [0.2, 0.25) is 0 Å². The SMILES string of the molecule is NCCCCNc1c2c(c(NCCCCN)c3sc(C(=O)NCCCN=C(N)N)cc13)C(=O)c1ccccc1C2=O. The minimum absolute atomic E-state index is 0.00836. The van der Waals surface area contributed by atoms with E-state index in [9.17, 15) is 14.4 Å². The van der Waals surface area contributed by atoms with Crippen LogP contribution >= 0.6 is 11.3 Å². The molecule has 0 atom stereocenters. The third kappa shape index (κ3) is 6.67. The van der Waals surface area contributed by atoms with Crippen molar-refractivity contribution in [2.45, 2.75) is 32.1 Å². The van der Waals surface area contributed by atoms with Crippen LogP contribution in [0.4, 0.5) is 11.4 Å². The number of nitrogens with two attached hydrogens (primary N) is 4. The van der Waals surface area contributed by atoms with Crippen molar-refractivity contribution in [3.8, 4) is 0 Å². The summed E-state index contributed by atoms with van der Waals surface area (Å²) in [7, 11) is 0. The summed E-state index contributed by atoms with van der Waals surface area (Å²) in [5.41, 5.74) is 24.7. The summed E-state index contributed by atoms with van der Waals surface area (Å²) in [5, 5.41) is 10.5. The number of hydrogen-bond donors (Lipinski definition) is 7. The van der Waals surface area contributed by atoms with Gasteiger partial charge < -0.3 is 38.9 Å². The third-order valence-corrected chi connectivity index (χ3v) is 8.00. The van der Waals surface area contributed by atoms with Crippen molar-refractivity contribution >= 4 is 56.2 Å². The van der Waals surface area contributed by atoms with Crippen LogP contribution in [-0.4, -0.2) is 62.7 Å². The van der Waals surface area contributed by atoms with E-state index in [0.717, 1.165) is 30.4 Å². The molecule has 2 aromatic carbocycles. The minimum Gasteiger partial charge on any atom is -0.384 e. The number of hydrogen-bond acceptors (Lipinski definition) is 9. The fourth-order valence-electron chi connectivity index (χ4n) is 4.87. The van der Waals surface area contributed by atoms with Crippen molar-refractivity contribution < 1.29 is 14.4 Å². The van der Waals surface area contributed by atoms with Gasteiger partial charge in [0.05, 0.1) is 32.1 Å². The molecule has 0 radical (unpaired) electrons. The van der Waals surface area contributed by atoms with Crippen molar-refractivity contribution in [3.05, 3.63) is 57.5 Å². The lowest BCUT2D eigenvalue weighted by molar-refractivity contribution is 0.0956. The Morgan fingerprint density at radius 2 is 1.39 bits per heavy atom. The maximum atomic E-state index is 14.0. The van der Waals surface area contributed by atoms with Crippen LogP contribution in [-0.2, 0) is 0 Å². The van der Waals surface area contributed by atoms with E-state index in [1.54, 1.807) is 30.3 Å². The minimum atomic E-state index is -0.252. The molecule has 0 fully saturated rings. The second kappa shape index (κ2) is 14.1. The van der Waals surface area contributed by atoms with E-state index >= 15 is 0 Å². The highest BCUT2D eigenvalue weighted by molar-refractivity contribution is 7.21. The summed E-state index contributed by atoms with van der Waals surface area (Å²) < 4.78 is 0.740. The van der Waals surface area contributed by atoms with E-state index in [4.69, 9.17) is 22.9 Å². The quantitative estimate of drug-likeness (QED) is 0.0478. The smallest absolute Gasteiger partial charge is 0.261 e. The molecule has 0 bridgehead atoms. The molecule has 41 heavy (non-hydrogen) atoms. The van der Waals surface area contributed by atoms with Gasteiger partial charge in [-0.25, -0.2) is 0 Å². The van der Waals surface area contributed by atoms with Crippen molar-refractivity contribution in [3.63, 3.8) is 0 Å². The van der Waals surface area contributed by atoms with Gasteiger partial charge >= 0.3 is 0 Å². The number of anilines is 2. The molecule has 218 valence electrons. The number of aliphatic imine (C=N–C) groups is 1. The summed E-state index contributed by atoms with van der Waals surface area (Å²) in [6.07, 6.45) is 3.78. The number of amides is 1. The third-order valence-electron chi connectivity index (χ3n) is 6.85. The number of fused-ring (bicyclic) bond motifs is 3. The highest BCUT2D eigenvalue weighted by Crippen LogP contribution is 2.46. The summed E-state index contributed by atoms with van der Waals surface area (Å²) in [6.45, 7) is 3.03. The number of guanidine groups is 1. The molecular weight excluding hydrogens is 540 g/mol. The van der Waals surface area contributed by atoms with Gasteiger partial charge in [0, 0.05) is 42.7 Å². The lowest BCUT2D eigenvalue weighted by Gasteiger charge is -2.25. The van der Waals surface area contributed by atoms with E-state index in [-0.39, 0.29) is 23.4 Å². The zero-order valence-corrected chi connectivity index (χ0v) is 23.9. The first-order valence-electron chi connectivity index (χ1n) is 13.9. The maximum absolute atomic E-state index is 14.0. The number of nitrogens with zero attached hydrogens (tertiary/aromatic N) is 1. The molecule has 1 amide bonds. The lowest BCUT2D eigenvalue weighted by Crippen LogP contribution is -2.25. The number of ketones is 2. The average Bonchev–Trinajstić information content (AvgIpc) is 3.41. The van der Waals surface area contributed by atoms with Crippen molar-refractivity contribution in [1.29, 1.82) is 0 Å². The number of thiophene rings is 1. The summed E-state index contributed by atoms with van der Waals surface area (Å²) >= 11 is 1.29. The zero-order chi connectivity index (χ0) is 29.4. The van der Waals surface area contributed by atoms with Crippen LogP contribution in [0.3, 0.4) is 0 Å². The van der Waals surface area contributed by atoms with Gasteiger partial charge in [0.1, 0.15) is 0 Å². The molecule has 1 aliphatic rings. The summed E-state index contributed by atoms with van der Waals surface area (Å²) in [6, 6.07) is 8.68. The van der Waals surface area contributed by atoms with E-state index in [2.05, 4.69) is 20.9 Å². The molecular formula is C29H38N8O3S. The summed E-state index contributed by atoms with van der Waals surface area (Å²) in [4.78, 5) is 45.5. The van der Waals surface area contributed by atoms with Gasteiger partial charge in [0.25, 0.3) is 5.91 Å². The molecule has 12 heteroatoms. The maximum Gasteiger partial charge on any atom is 0.261 e. The topological polar surface area (TPSA) is 204 Å². The Bertz CT molecular complexity index is 1370. The molecule has 0 saturated carbocycles. The number of rotatable bonds is 15. The van der Waals surface area contributed by atoms with Gasteiger partial charge in [0.15, 0.2) is 17.5 Å². The monoisotopic (exact) mass is 578 g/mol. The van der Waals surface area contributed by atoms with E-state index < -0.39 is 0 Å². The molecule has 11 N–H and O–H groups in total. The molecule has 11 nitrogen and oxygen atoms in total. The number of carbonyl (C=O) groups is 3. The van der Waals surface area contributed by atoms with Crippen molar-refractivity contribution in [1.82, 2.24) is 5.32 Å². The molecule has 1 aliphatic carbocycles. The Balaban J connectivity index is 1.82. The van der Waals surface area contributed by atoms with Gasteiger partial charge in [-0.3, -0.25) is 19.4 Å². The Morgan fingerprint density at radius 3 is 1.98 bits per heavy atom. The molecule has 0 spiro atoms. The van der Waals surface area contributed by atoms with Crippen LogP contribution < -0.4 is 38.9 Å². The Hall–Kier alpha value is -4.00. The molecule has 0 unspecified atom stereocenters. The predicted octanol–water partition coefficient (Wildman–Crippen LogP) is 2.37. The van der Waals surface area contributed by atoms with Gasteiger partial charge in [0.2, 0.25) is 0 Å². The van der Waals surface area contributed by atoms with E-state index in [0.29, 0.717) is 89.6 Å². The molecule has 4 rings (SSSR count). The van der Waals surface area contributed by atoms with E-state index in [1.165, 1.54) is 11.3 Å². The first-order chi connectivity index (χ1) is 19.9. The summed E-state index contributed by atoms with van der Waals surface area (Å²) in [5.74, 6) is -0.685. The van der Waals surface area contributed by atoms with Crippen molar-refractivity contribution in [2.75, 3.05) is 49.9 Å². The first-order valence-corrected chi connectivity index (χ1v) is 14.7. The van der Waals surface area contributed by atoms with Crippen LogP contribution in [0.1, 0.15) is 73.6 Å². The predicted molar refractivity (Wildman–Crippen MR) is 166 cm³/mol. The number of nitrogens with one attached hydrogen (secondary N) is 3. The second-order valence-corrected chi connectivity index (χ2v) is 10.9. The number of carbonyl (C=O) groups excluding carboxylic acids is 3. The highest BCUT2D eigenvalue weighted by Gasteiger charge is 2.36. The van der Waals surface area contributed by atoms with Crippen LogP contribution in [0.15, 0.2) is 35.3 Å². The van der Waals surface area contributed by atoms with Crippen LogP contribution in [0.25, 0.3) is 10.1 Å². The number of benzene rings is 2. The Labute approximate surface area is 243 Å². The fraction of sp³-hybridized carbons (Fsp3) is 0.379. The molecule has 3 aromatic rings. The van der Waals surface area contributed by atoms with Crippen molar-refractivity contribution in [2.24, 2.45) is 27.9 Å². The van der Waals surface area contributed by atoms with E-state index in [1.807, 2.05) is 0 Å². The second-order valence-electron chi connectivity index (χ2n) is 9.82. The van der Waals surface area contributed by atoms with Crippen LogP contribution in [0, 0.1) is 0 Å². The molecule has 1 heterocycles. The zero-order valence-electron chi connectivity index (χ0n) is 23.1. The standard InChI is InChI=1S/C29H38N8O3S/c30-10-3-5-12-34-23-19-16-20(28(40)36-14-7-15-37-29(32)33)41-27(19)24(35-13-6-4-11-31)22-21(23)25(38)17-8-1-2-9-18(17)26(22)39/h1-2,8-9,16,34-35H,3-7,10-15,30-31H2,(H,36,40)(H4,32,33,37). The highest BCUT2D eigenvalue weighted by atomic mass is 32.1. The molecule has 1 aromatic heterocycles. The van der Waals surface area contributed by atoms with Gasteiger partial charge in [-0.1, -0.05) is 24.3 Å². The Kier molecular flexibility index (Phi) is 10.3. The molecule has 0 aliphatic heterocycles. The first kappa shape index (κ1) is 30.0.